The highest BCUT2D eigenvalue weighted by Gasteiger charge is 2.28. The van der Waals surface area contributed by atoms with Crippen molar-refractivity contribution in [1.82, 2.24) is 4.90 Å². The van der Waals surface area contributed by atoms with E-state index in [1.807, 2.05) is 18.2 Å². The van der Waals surface area contributed by atoms with E-state index < -0.39 is 12.1 Å². The van der Waals surface area contributed by atoms with Gasteiger partial charge in [0.05, 0.1) is 16.3 Å². The van der Waals surface area contributed by atoms with Gasteiger partial charge in [0.1, 0.15) is 0 Å². The van der Waals surface area contributed by atoms with Gasteiger partial charge in [0.2, 0.25) is 0 Å². The van der Waals surface area contributed by atoms with Crippen LogP contribution in [0.4, 0.5) is 11.4 Å². The maximum Gasteiger partial charge on any atom is 0.341 e. The second-order valence-electron chi connectivity index (χ2n) is 6.40. The lowest BCUT2D eigenvalue weighted by Gasteiger charge is -2.37. The lowest BCUT2D eigenvalue weighted by Crippen LogP contribution is -2.51. The number of piperazine rings is 1. The Bertz CT molecular complexity index is 820. The summed E-state index contributed by atoms with van der Waals surface area (Å²) in [6.45, 7) is 4.20. The third-order valence-electron chi connectivity index (χ3n) is 4.62. The van der Waals surface area contributed by atoms with Crippen LogP contribution in [0.2, 0.25) is 5.02 Å². The maximum atomic E-state index is 12.6. The number of carbonyl (C=O) groups is 2. The molecule has 0 aromatic heterocycles. The van der Waals surface area contributed by atoms with E-state index in [-0.39, 0.29) is 22.2 Å². The van der Waals surface area contributed by atoms with Crippen molar-refractivity contribution in [2.45, 2.75) is 13.0 Å². The molecule has 1 aliphatic rings. The van der Waals surface area contributed by atoms with Gasteiger partial charge in [-0.25, -0.2) is 4.79 Å². The van der Waals surface area contributed by atoms with Gasteiger partial charge in [0.15, 0.2) is 6.10 Å². The highest BCUT2D eigenvalue weighted by atomic mass is 35.5. The first-order valence-electron chi connectivity index (χ1n) is 8.81. The number of halogens is 1. The van der Waals surface area contributed by atoms with Crippen molar-refractivity contribution in [2.24, 2.45) is 0 Å². The molecule has 6 nitrogen and oxygen atoms in total. The number of anilines is 2. The average molecular weight is 388 g/mol. The third kappa shape index (κ3) is 4.34. The molecule has 3 rings (SSSR count). The number of para-hydroxylation sites is 2. The number of nitrogens with zero attached hydrogens (tertiary/aromatic N) is 2. The molecule has 0 aliphatic carbocycles. The number of nitrogens with two attached hydrogens (primary N) is 1. The average Bonchev–Trinajstić information content (AvgIpc) is 2.70. The molecule has 27 heavy (non-hydrogen) atoms. The fourth-order valence-electron chi connectivity index (χ4n) is 3.07. The largest absolute Gasteiger partial charge is 0.449 e. The Morgan fingerprint density at radius 1 is 1.04 bits per heavy atom. The Morgan fingerprint density at radius 2 is 1.70 bits per heavy atom. The van der Waals surface area contributed by atoms with Crippen molar-refractivity contribution in [1.29, 1.82) is 0 Å². The molecule has 1 unspecified atom stereocenters. The number of esters is 1. The zero-order valence-electron chi connectivity index (χ0n) is 15.1. The molecular formula is C20H22ClN3O3. The van der Waals surface area contributed by atoms with Crippen LogP contribution in [-0.2, 0) is 9.53 Å². The Labute approximate surface area is 163 Å². The topological polar surface area (TPSA) is 75.9 Å². The van der Waals surface area contributed by atoms with Gasteiger partial charge in [-0.1, -0.05) is 35.9 Å². The van der Waals surface area contributed by atoms with Crippen molar-refractivity contribution in [3.05, 3.63) is 59.1 Å². The molecule has 0 bridgehead atoms. The van der Waals surface area contributed by atoms with E-state index in [4.69, 9.17) is 22.1 Å². The van der Waals surface area contributed by atoms with Crippen molar-refractivity contribution in [2.75, 3.05) is 36.8 Å². The second kappa shape index (κ2) is 8.31. The molecule has 1 saturated heterocycles. The summed E-state index contributed by atoms with van der Waals surface area (Å²) in [7, 11) is 0. The van der Waals surface area contributed by atoms with Crippen molar-refractivity contribution >= 4 is 34.9 Å². The Hall–Kier alpha value is -2.73. The number of nitrogen functional groups attached to an aromatic ring is 1. The van der Waals surface area contributed by atoms with Gasteiger partial charge in [-0.2, -0.15) is 0 Å². The van der Waals surface area contributed by atoms with E-state index in [0.29, 0.717) is 13.1 Å². The second-order valence-corrected chi connectivity index (χ2v) is 6.80. The molecule has 7 heteroatoms. The van der Waals surface area contributed by atoms with Crippen LogP contribution in [0.25, 0.3) is 0 Å². The highest BCUT2D eigenvalue weighted by Crippen LogP contribution is 2.23. The van der Waals surface area contributed by atoms with Crippen LogP contribution in [0, 0.1) is 0 Å². The van der Waals surface area contributed by atoms with Crippen LogP contribution < -0.4 is 10.6 Å². The maximum absolute atomic E-state index is 12.6. The molecule has 1 aliphatic heterocycles. The zero-order valence-corrected chi connectivity index (χ0v) is 15.9. The molecule has 1 amide bonds. The van der Waals surface area contributed by atoms with E-state index >= 15 is 0 Å². The summed E-state index contributed by atoms with van der Waals surface area (Å²) in [6.07, 6.45) is -0.890. The van der Waals surface area contributed by atoms with Crippen LogP contribution in [0.15, 0.2) is 48.5 Å². The van der Waals surface area contributed by atoms with Crippen LogP contribution in [0.3, 0.4) is 0 Å². The van der Waals surface area contributed by atoms with Crippen LogP contribution in [0.5, 0.6) is 0 Å². The Kier molecular flexibility index (Phi) is 5.86. The summed E-state index contributed by atoms with van der Waals surface area (Å²) >= 11 is 5.93. The summed E-state index contributed by atoms with van der Waals surface area (Å²) in [4.78, 5) is 28.9. The van der Waals surface area contributed by atoms with Crippen LogP contribution >= 0.6 is 11.6 Å². The molecule has 0 spiro atoms. The number of carbonyl (C=O) groups excluding carboxylic acids is 2. The lowest BCUT2D eigenvalue weighted by molar-refractivity contribution is -0.140. The predicted octanol–water partition coefficient (Wildman–Crippen LogP) is 2.82. The summed E-state index contributed by atoms with van der Waals surface area (Å²) in [5.41, 5.74) is 7.27. The number of rotatable bonds is 4. The smallest absolute Gasteiger partial charge is 0.341 e. The van der Waals surface area contributed by atoms with Gasteiger partial charge in [-0.05, 0) is 31.2 Å². The molecule has 2 N–H and O–H groups in total. The monoisotopic (exact) mass is 387 g/mol. The summed E-state index contributed by atoms with van der Waals surface area (Å²) in [5.74, 6) is -0.865. The molecule has 0 radical (unpaired) electrons. The minimum atomic E-state index is -0.890. The first kappa shape index (κ1) is 19.0. The standard InChI is InChI=1S/C20H22ClN3O3/c1-14(27-20(26)16-8-5-9-17(21)18(16)22)19(25)24-12-10-23(11-13-24)15-6-3-2-4-7-15/h2-9,14H,10-13,22H2,1H3. The number of ether oxygens (including phenoxy) is 1. The minimum Gasteiger partial charge on any atom is -0.449 e. The quantitative estimate of drug-likeness (QED) is 0.645. The van der Waals surface area contributed by atoms with E-state index in [2.05, 4.69) is 17.0 Å². The molecule has 1 fully saturated rings. The molecular weight excluding hydrogens is 366 g/mol. The van der Waals surface area contributed by atoms with Gasteiger partial charge in [-0.3, -0.25) is 4.79 Å². The first-order valence-corrected chi connectivity index (χ1v) is 9.19. The molecule has 1 atom stereocenters. The van der Waals surface area contributed by atoms with Crippen LogP contribution in [0.1, 0.15) is 17.3 Å². The molecule has 142 valence electrons. The highest BCUT2D eigenvalue weighted by molar-refractivity contribution is 6.33. The van der Waals surface area contributed by atoms with E-state index in [1.165, 1.54) is 6.07 Å². The summed E-state index contributed by atoms with van der Waals surface area (Å²) in [6, 6.07) is 14.8. The zero-order chi connectivity index (χ0) is 19.4. The first-order chi connectivity index (χ1) is 13.0. The van der Waals surface area contributed by atoms with Gasteiger partial charge < -0.3 is 20.3 Å². The van der Waals surface area contributed by atoms with Crippen molar-refractivity contribution in [3.63, 3.8) is 0 Å². The van der Waals surface area contributed by atoms with Crippen molar-refractivity contribution in [3.8, 4) is 0 Å². The van der Waals surface area contributed by atoms with Gasteiger partial charge in [0, 0.05) is 31.9 Å². The molecule has 2 aromatic rings. The third-order valence-corrected chi connectivity index (χ3v) is 4.95. The van der Waals surface area contributed by atoms with Gasteiger partial charge in [-0.15, -0.1) is 0 Å². The SMILES string of the molecule is CC(OC(=O)c1cccc(Cl)c1N)C(=O)N1CCN(c2ccccc2)CC1. The molecule has 0 saturated carbocycles. The van der Waals surface area contributed by atoms with Crippen molar-refractivity contribution < 1.29 is 14.3 Å². The fourth-order valence-corrected chi connectivity index (χ4v) is 3.24. The number of hydrogen-bond acceptors (Lipinski definition) is 5. The van der Waals surface area contributed by atoms with E-state index in [9.17, 15) is 9.59 Å². The van der Waals surface area contributed by atoms with E-state index in [0.717, 1.165) is 18.8 Å². The minimum absolute atomic E-state index is 0.153. The van der Waals surface area contributed by atoms with Crippen LogP contribution in [-0.4, -0.2) is 49.1 Å². The summed E-state index contributed by atoms with van der Waals surface area (Å²) < 4.78 is 5.32. The van der Waals surface area contributed by atoms with E-state index in [1.54, 1.807) is 24.0 Å². The summed E-state index contributed by atoms with van der Waals surface area (Å²) in [5, 5.41) is 0.278. The Balaban J connectivity index is 1.56. The predicted molar refractivity (Wildman–Crippen MR) is 106 cm³/mol. The van der Waals surface area contributed by atoms with Gasteiger partial charge in [0.25, 0.3) is 5.91 Å². The Morgan fingerprint density at radius 3 is 2.37 bits per heavy atom. The fraction of sp³-hybridized carbons (Fsp3) is 0.300. The lowest BCUT2D eigenvalue weighted by atomic mass is 10.2. The number of hydrogen-bond donors (Lipinski definition) is 1. The van der Waals surface area contributed by atoms with Gasteiger partial charge >= 0.3 is 5.97 Å². The number of benzene rings is 2. The number of amides is 1. The molecule has 2 aromatic carbocycles. The normalized spacial score (nSPS) is 15.3. The molecule has 1 heterocycles.